The minimum absolute atomic E-state index is 0.00531. The number of sulfonamides is 1. The molecule has 0 aliphatic rings. The third-order valence-electron chi connectivity index (χ3n) is 6.02. The quantitative estimate of drug-likeness (QED) is 0.291. The molecule has 2 rings (SSSR count). The van der Waals surface area contributed by atoms with Gasteiger partial charge in [-0.15, -0.1) is 0 Å². The van der Waals surface area contributed by atoms with Crippen molar-refractivity contribution in [2.45, 2.75) is 58.4 Å². The average molecular weight is 580 g/mol. The normalized spacial score (nSPS) is 12.2. The summed E-state index contributed by atoms with van der Waals surface area (Å²) >= 11 is 4.28. The molecule has 11 heteroatoms. The van der Waals surface area contributed by atoms with E-state index in [0.29, 0.717) is 30.1 Å². The van der Waals surface area contributed by atoms with Crippen molar-refractivity contribution in [1.29, 1.82) is 0 Å². The topological polar surface area (TPSA) is 113 Å². The molecule has 8 nitrogen and oxygen atoms in total. The number of nitrogens with one attached hydrogen (secondary N) is 2. The molecule has 0 aliphatic heterocycles. The molecule has 0 bridgehead atoms. The molecular weight excluding hydrogens is 541 g/mol. The van der Waals surface area contributed by atoms with Gasteiger partial charge in [-0.1, -0.05) is 51.1 Å². The lowest BCUT2D eigenvalue weighted by Crippen LogP contribution is -2.40. The third-order valence-corrected chi connectivity index (χ3v) is 7.96. The van der Waals surface area contributed by atoms with E-state index in [-0.39, 0.29) is 59.8 Å². The van der Waals surface area contributed by atoms with Crippen LogP contribution in [0.4, 0.5) is 4.39 Å². The Balaban J connectivity index is 2.23. The second kappa shape index (κ2) is 15.0. The molecule has 39 heavy (non-hydrogen) atoms. The summed E-state index contributed by atoms with van der Waals surface area (Å²) in [5.41, 5.74) is 0.797. The number of rotatable bonds is 14. The van der Waals surface area contributed by atoms with Crippen molar-refractivity contribution in [3.8, 4) is 11.1 Å². The lowest BCUT2D eigenvalue weighted by Gasteiger charge is -2.24. The number of carbonyl (C=O) groups excluding carboxylic acids is 3. The molecule has 2 N–H and O–H groups in total. The van der Waals surface area contributed by atoms with Crippen LogP contribution in [0.15, 0.2) is 47.4 Å². The highest BCUT2D eigenvalue weighted by atomic mass is 32.2. The monoisotopic (exact) mass is 579 g/mol. The van der Waals surface area contributed by atoms with Crippen LogP contribution < -0.4 is 10.0 Å². The fourth-order valence-electron chi connectivity index (χ4n) is 4.19. The molecule has 0 aliphatic carbocycles. The largest absolute Gasteiger partial charge is 0.354 e. The maximum atomic E-state index is 15.3. The first-order valence-corrected chi connectivity index (χ1v) is 15.1. The van der Waals surface area contributed by atoms with Crippen molar-refractivity contribution in [3.05, 3.63) is 53.8 Å². The molecule has 2 aromatic rings. The van der Waals surface area contributed by atoms with Gasteiger partial charge in [-0.05, 0) is 36.5 Å². The Morgan fingerprint density at radius 1 is 1.10 bits per heavy atom. The van der Waals surface area contributed by atoms with Crippen LogP contribution >= 0.6 is 12.6 Å². The van der Waals surface area contributed by atoms with E-state index >= 15 is 4.39 Å². The summed E-state index contributed by atoms with van der Waals surface area (Å²) < 4.78 is 42.5. The van der Waals surface area contributed by atoms with Crippen LogP contribution in [0.3, 0.4) is 0 Å². The molecule has 0 fully saturated rings. The lowest BCUT2D eigenvalue weighted by molar-refractivity contribution is -0.132. The zero-order valence-corrected chi connectivity index (χ0v) is 24.6. The van der Waals surface area contributed by atoms with Crippen LogP contribution in [-0.4, -0.2) is 49.9 Å². The van der Waals surface area contributed by atoms with Crippen LogP contribution in [0.5, 0.6) is 0 Å². The first-order chi connectivity index (χ1) is 18.4. The van der Waals surface area contributed by atoms with E-state index in [2.05, 4.69) is 17.9 Å². The highest BCUT2D eigenvalue weighted by Gasteiger charge is 2.22. The first kappa shape index (κ1) is 32.3. The molecule has 0 saturated heterocycles. The van der Waals surface area contributed by atoms with Gasteiger partial charge in [0.25, 0.3) is 10.0 Å². The smallest absolute Gasteiger partial charge is 0.264 e. The maximum Gasteiger partial charge on any atom is 0.264 e. The van der Waals surface area contributed by atoms with Gasteiger partial charge >= 0.3 is 0 Å². The minimum Gasteiger partial charge on any atom is -0.354 e. The Morgan fingerprint density at radius 3 is 2.38 bits per heavy atom. The second-order valence-electron chi connectivity index (χ2n) is 9.83. The summed E-state index contributed by atoms with van der Waals surface area (Å²) in [6, 6.07) is 10.3. The summed E-state index contributed by atoms with van der Waals surface area (Å²) in [4.78, 5) is 38.1. The third kappa shape index (κ3) is 9.65. The summed E-state index contributed by atoms with van der Waals surface area (Å²) in [6.07, 6.45) is 1.62. The van der Waals surface area contributed by atoms with Gasteiger partial charge in [0.2, 0.25) is 17.7 Å². The average Bonchev–Trinajstić information content (AvgIpc) is 2.86. The fourth-order valence-corrected chi connectivity index (χ4v) is 5.72. The number of nitrogens with zero attached hydrogens (tertiary/aromatic N) is 1. The van der Waals surface area contributed by atoms with Crippen molar-refractivity contribution < 1.29 is 27.2 Å². The van der Waals surface area contributed by atoms with Gasteiger partial charge in [0.15, 0.2) is 0 Å². The van der Waals surface area contributed by atoms with Crippen molar-refractivity contribution >= 4 is 40.4 Å². The molecule has 0 spiro atoms. The summed E-state index contributed by atoms with van der Waals surface area (Å²) in [5, 5.41) is 2.87. The minimum atomic E-state index is -4.14. The van der Waals surface area contributed by atoms with Gasteiger partial charge in [-0.2, -0.15) is 12.6 Å². The Kier molecular flexibility index (Phi) is 12.4. The molecule has 214 valence electrons. The molecule has 0 saturated carbocycles. The van der Waals surface area contributed by atoms with E-state index in [1.807, 2.05) is 25.5 Å². The molecule has 0 aromatic heterocycles. The summed E-state index contributed by atoms with van der Waals surface area (Å²) in [6.45, 7) is 7.48. The molecule has 0 heterocycles. The van der Waals surface area contributed by atoms with Gasteiger partial charge in [-0.25, -0.2) is 17.5 Å². The Bertz CT molecular complexity index is 1270. The van der Waals surface area contributed by atoms with Gasteiger partial charge in [-0.3, -0.25) is 14.4 Å². The van der Waals surface area contributed by atoms with E-state index in [4.69, 9.17) is 0 Å². The van der Waals surface area contributed by atoms with E-state index < -0.39 is 21.7 Å². The summed E-state index contributed by atoms with van der Waals surface area (Å²) in [5.74, 6) is -1.07. The molecule has 3 amide bonds. The van der Waals surface area contributed by atoms with Gasteiger partial charge in [0.1, 0.15) is 5.82 Å². The van der Waals surface area contributed by atoms with Crippen LogP contribution in [0, 0.1) is 17.7 Å². The van der Waals surface area contributed by atoms with E-state index in [1.54, 1.807) is 12.1 Å². The number of halogens is 1. The van der Waals surface area contributed by atoms with Crippen molar-refractivity contribution in [2.24, 2.45) is 11.8 Å². The van der Waals surface area contributed by atoms with Crippen molar-refractivity contribution in [1.82, 2.24) is 14.9 Å². The standard InChI is InChI=1S/C28H38FN3O5S2/c1-5-8-27(34)32(14-13-30-28(35)23(18-38)15-19(2)3)17-22-12-11-21(16-25(22)29)24-9-6-7-10-26(24)39(36,37)31-20(4)33/h6-7,9-12,16,19,23,38H,5,8,13-15,17-18H2,1-4H3,(H,30,35)(H,31,33)/t23-/m1/s1. The Labute approximate surface area is 236 Å². The molecule has 1 atom stereocenters. The number of hydrogen-bond acceptors (Lipinski definition) is 6. The summed E-state index contributed by atoms with van der Waals surface area (Å²) in [7, 11) is -4.14. The van der Waals surface area contributed by atoms with Crippen LogP contribution in [0.2, 0.25) is 0 Å². The molecule has 2 aromatic carbocycles. The fraction of sp³-hybridized carbons (Fsp3) is 0.464. The maximum absolute atomic E-state index is 15.3. The highest BCUT2D eigenvalue weighted by Crippen LogP contribution is 2.29. The lowest BCUT2D eigenvalue weighted by atomic mass is 9.98. The number of benzene rings is 2. The van der Waals surface area contributed by atoms with E-state index in [1.165, 1.54) is 35.2 Å². The molecular formula is C28H38FN3O5S2. The number of carbonyl (C=O) groups is 3. The SMILES string of the molecule is CCCC(=O)N(CCNC(=O)[C@@H](CS)CC(C)C)Cc1ccc(-c2ccccc2S(=O)(=O)NC(C)=O)cc1F. The van der Waals surface area contributed by atoms with Crippen LogP contribution in [0.25, 0.3) is 11.1 Å². The zero-order chi connectivity index (χ0) is 29.2. The van der Waals surface area contributed by atoms with Gasteiger partial charge < -0.3 is 10.2 Å². The van der Waals surface area contributed by atoms with Crippen molar-refractivity contribution in [2.75, 3.05) is 18.8 Å². The predicted molar refractivity (Wildman–Crippen MR) is 153 cm³/mol. The predicted octanol–water partition coefficient (Wildman–Crippen LogP) is 4.15. The van der Waals surface area contributed by atoms with Gasteiger partial charge in [0, 0.05) is 55.8 Å². The first-order valence-electron chi connectivity index (χ1n) is 13.0. The molecule has 0 radical (unpaired) electrons. The van der Waals surface area contributed by atoms with E-state index in [0.717, 1.165) is 6.92 Å². The van der Waals surface area contributed by atoms with Crippen LogP contribution in [-0.2, 0) is 31.0 Å². The molecule has 0 unspecified atom stereocenters. The number of hydrogen-bond donors (Lipinski definition) is 3. The Morgan fingerprint density at radius 2 is 1.79 bits per heavy atom. The van der Waals surface area contributed by atoms with Gasteiger partial charge in [0.05, 0.1) is 4.90 Å². The van der Waals surface area contributed by atoms with Crippen molar-refractivity contribution in [3.63, 3.8) is 0 Å². The zero-order valence-electron chi connectivity index (χ0n) is 22.9. The second-order valence-corrected chi connectivity index (χ2v) is 11.8. The van der Waals surface area contributed by atoms with E-state index in [9.17, 15) is 22.8 Å². The number of thiol groups is 1. The number of amides is 3. The van der Waals surface area contributed by atoms with Crippen LogP contribution in [0.1, 0.15) is 52.5 Å². The highest BCUT2D eigenvalue weighted by molar-refractivity contribution is 7.90. The Hall–Kier alpha value is -2.92.